The van der Waals surface area contributed by atoms with Crippen LogP contribution in [0.3, 0.4) is 0 Å². The van der Waals surface area contributed by atoms with E-state index in [2.05, 4.69) is 10.0 Å². The number of benzene rings is 3. The zero-order valence-corrected chi connectivity index (χ0v) is 21.2. The van der Waals surface area contributed by atoms with E-state index >= 15 is 0 Å². The minimum atomic E-state index is -4.01. The Hall–Kier alpha value is -4.24. The molecule has 2 heterocycles. The number of sulfonamides is 1. The molecule has 0 aliphatic carbocycles. The van der Waals surface area contributed by atoms with E-state index in [0.29, 0.717) is 35.3 Å². The second-order valence-corrected chi connectivity index (χ2v) is 10.4. The molecule has 188 valence electrons. The summed E-state index contributed by atoms with van der Waals surface area (Å²) in [6, 6.07) is 25.1. The van der Waals surface area contributed by atoms with Gasteiger partial charge in [0.1, 0.15) is 16.9 Å². The molecule has 0 atom stereocenters. The molecule has 0 bridgehead atoms. The monoisotopic (exact) mass is 513 g/mol. The molecular weight excluding hydrogens is 486 g/mol. The number of hydrogen-bond donors (Lipinski definition) is 2. The molecule has 5 aromatic rings. The van der Waals surface area contributed by atoms with E-state index in [4.69, 9.17) is 9.97 Å². The maximum absolute atomic E-state index is 13.6. The summed E-state index contributed by atoms with van der Waals surface area (Å²) < 4.78 is 31.3. The van der Waals surface area contributed by atoms with Crippen molar-refractivity contribution in [2.45, 2.75) is 31.2 Å². The number of aromatic nitrogens is 3. The Morgan fingerprint density at radius 1 is 0.865 bits per heavy atom. The summed E-state index contributed by atoms with van der Waals surface area (Å²) in [7, 11) is -4.01. The van der Waals surface area contributed by atoms with Crippen molar-refractivity contribution in [3.63, 3.8) is 0 Å². The minimum Gasteiger partial charge on any atom is -0.352 e. The van der Waals surface area contributed by atoms with Crippen LogP contribution in [-0.4, -0.2) is 35.4 Å². The van der Waals surface area contributed by atoms with Crippen molar-refractivity contribution in [1.82, 2.24) is 19.9 Å². The van der Waals surface area contributed by atoms with Crippen LogP contribution in [-0.2, 0) is 16.6 Å². The molecule has 0 aliphatic heterocycles. The first kappa shape index (κ1) is 24.5. The van der Waals surface area contributed by atoms with E-state index in [1.165, 1.54) is 12.1 Å². The number of carbonyl (C=O) groups is 1. The number of anilines is 1. The van der Waals surface area contributed by atoms with Gasteiger partial charge in [0.2, 0.25) is 0 Å². The van der Waals surface area contributed by atoms with Gasteiger partial charge in [0.05, 0.1) is 22.5 Å². The van der Waals surface area contributed by atoms with Gasteiger partial charge in [-0.2, -0.15) is 0 Å². The third-order valence-electron chi connectivity index (χ3n) is 6.06. The topological polar surface area (TPSA) is 106 Å². The number of nitrogens with one attached hydrogen (secondary N) is 2. The van der Waals surface area contributed by atoms with Crippen molar-refractivity contribution in [2.75, 3.05) is 11.3 Å². The zero-order chi connectivity index (χ0) is 25.8. The van der Waals surface area contributed by atoms with Crippen molar-refractivity contribution >= 4 is 43.9 Å². The highest BCUT2D eigenvalue weighted by Crippen LogP contribution is 2.32. The Morgan fingerprint density at radius 2 is 1.49 bits per heavy atom. The van der Waals surface area contributed by atoms with Crippen LogP contribution < -0.4 is 10.0 Å². The van der Waals surface area contributed by atoms with Gasteiger partial charge in [-0.15, -0.1) is 0 Å². The fourth-order valence-corrected chi connectivity index (χ4v) is 5.29. The van der Waals surface area contributed by atoms with E-state index in [1.54, 1.807) is 22.8 Å². The summed E-state index contributed by atoms with van der Waals surface area (Å²) in [4.78, 5) is 23.2. The molecule has 8 nitrogen and oxygen atoms in total. The largest absolute Gasteiger partial charge is 0.352 e. The lowest BCUT2D eigenvalue weighted by molar-refractivity contribution is 0.0955. The van der Waals surface area contributed by atoms with Crippen LogP contribution in [0.4, 0.5) is 5.82 Å². The second kappa shape index (κ2) is 10.4. The Morgan fingerprint density at radius 3 is 2.16 bits per heavy atom. The first-order chi connectivity index (χ1) is 18.0. The van der Waals surface area contributed by atoms with Crippen molar-refractivity contribution in [3.8, 4) is 0 Å². The first-order valence-electron chi connectivity index (χ1n) is 12.2. The van der Waals surface area contributed by atoms with Gasteiger partial charge in [-0.1, -0.05) is 74.0 Å². The van der Waals surface area contributed by atoms with Crippen LogP contribution in [0.15, 0.2) is 89.8 Å². The van der Waals surface area contributed by atoms with Gasteiger partial charge >= 0.3 is 0 Å². The molecule has 5 rings (SSSR count). The third-order valence-corrected chi connectivity index (χ3v) is 7.42. The quantitative estimate of drug-likeness (QED) is 0.271. The molecule has 9 heteroatoms. The van der Waals surface area contributed by atoms with Crippen molar-refractivity contribution in [1.29, 1.82) is 0 Å². The number of amides is 1. The smallest absolute Gasteiger partial charge is 0.263 e. The highest BCUT2D eigenvalue weighted by molar-refractivity contribution is 7.92. The SMILES string of the molecule is CCCCNC(=O)c1c(NS(=O)(=O)c2ccccc2)n(Cc2ccccc2)c2nc3ccccc3nc12. The number of para-hydroxylation sites is 2. The number of unbranched alkanes of at least 4 members (excludes halogenated alkanes) is 1. The molecule has 0 unspecified atom stereocenters. The van der Waals surface area contributed by atoms with E-state index < -0.39 is 15.9 Å². The minimum absolute atomic E-state index is 0.0925. The lowest BCUT2D eigenvalue weighted by Gasteiger charge is -2.14. The molecular formula is C28H27N5O3S. The highest BCUT2D eigenvalue weighted by Gasteiger charge is 2.29. The average Bonchev–Trinajstić information content (AvgIpc) is 3.19. The number of hydrogen-bond acceptors (Lipinski definition) is 5. The predicted octanol–water partition coefficient (Wildman–Crippen LogP) is 4.96. The molecule has 0 saturated carbocycles. The van der Waals surface area contributed by atoms with Crippen LogP contribution in [0.1, 0.15) is 35.7 Å². The maximum Gasteiger partial charge on any atom is 0.263 e. The lowest BCUT2D eigenvalue weighted by atomic mass is 10.2. The fourth-order valence-electron chi connectivity index (χ4n) is 4.19. The van der Waals surface area contributed by atoms with Crippen LogP contribution in [0.2, 0.25) is 0 Å². The molecule has 0 saturated heterocycles. The lowest BCUT2D eigenvalue weighted by Crippen LogP contribution is -2.26. The summed E-state index contributed by atoms with van der Waals surface area (Å²) in [5.74, 6) is -0.271. The van der Waals surface area contributed by atoms with E-state index in [-0.39, 0.29) is 16.3 Å². The Bertz CT molecular complexity index is 1670. The third kappa shape index (κ3) is 5.03. The van der Waals surface area contributed by atoms with Gasteiger partial charge in [0.15, 0.2) is 5.65 Å². The van der Waals surface area contributed by atoms with Gasteiger partial charge in [-0.3, -0.25) is 9.52 Å². The molecule has 37 heavy (non-hydrogen) atoms. The first-order valence-corrected chi connectivity index (χ1v) is 13.6. The molecule has 0 fully saturated rings. The van der Waals surface area contributed by atoms with Crippen LogP contribution in [0.25, 0.3) is 22.2 Å². The summed E-state index contributed by atoms with van der Waals surface area (Å²) in [5.41, 5.74) is 3.11. The molecule has 2 aromatic heterocycles. The van der Waals surface area contributed by atoms with Gasteiger partial charge < -0.3 is 9.88 Å². The molecule has 0 spiro atoms. The van der Waals surface area contributed by atoms with Gasteiger partial charge in [-0.25, -0.2) is 18.4 Å². The van der Waals surface area contributed by atoms with Gasteiger partial charge in [0, 0.05) is 6.54 Å². The number of carbonyl (C=O) groups excluding carboxylic acids is 1. The fraction of sp³-hybridized carbons (Fsp3) is 0.179. The second-order valence-electron chi connectivity index (χ2n) is 8.71. The Balaban J connectivity index is 1.76. The Kier molecular flexibility index (Phi) is 6.87. The maximum atomic E-state index is 13.6. The zero-order valence-electron chi connectivity index (χ0n) is 20.4. The van der Waals surface area contributed by atoms with E-state index in [0.717, 1.165) is 18.4 Å². The van der Waals surface area contributed by atoms with Crippen LogP contribution in [0.5, 0.6) is 0 Å². The normalized spacial score (nSPS) is 11.6. The number of rotatable bonds is 9. The van der Waals surface area contributed by atoms with E-state index in [1.807, 2.05) is 61.5 Å². The molecule has 0 aliphatic rings. The van der Waals surface area contributed by atoms with Crippen molar-refractivity contribution in [3.05, 3.63) is 96.1 Å². The molecule has 0 radical (unpaired) electrons. The van der Waals surface area contributed by atoms with Crippen LogP contribution >= 0.6 is 0 Å². The Labute approximate surface area is 215 Å². The highest BCUT2D eigenvalue weighted by atomic mass is 32.2. The standard InChI is InChI=1S/C28H27N5O3S/c1-2-3-18-29-28(34)24-25-27(31-23-17-11-10-16-22(23)30-25)33(19-20-12-6-4-7-13-20)26(24)32-37(35,36)21-14-8-5-9-15-21/h4-17,32H,2-3,18-19H2,1H3,(H,29,34). The van der Waals surface area contributed by atoms with Crippen LogP contribution in [0, 0.1) is 0 Å². The van der Waals surface area contributed by atoms with E-state index in [9.17, 15) is 13.2 Å². The summed E-state index contributed by atoms with van der Waals surface area (Å²) >= 11 is 0. The van der Waals surface area contributed by atoms with Gasteiger partial charge in [-0.05, 0) is 36.2 Å². The molecule has 1 amide bonds. The molecule has 3 aromatic carbocycles. The van der Waals surface area contributed by atoms with Crippen molar-refractivity contribution in [2.24, 2.45) is 0 Å². The van der Waals surface area contributed by atoms with Gasteiger partial charge in [0.25, 0.3) is 15.9 Å². The summed E-state index contributed by atoms with van der Waals surface area (Å²) in [5, 5.41) is 2.93. The number of nitrogens with zero attached hydrogens (tertiary/aromatic N) is 3. The summed E-state index contributed by atoms with van der Waals surface area (Å²) in [6.07, 6.45) is 1.71. The average molecular weight is 514 g/mol. The molecule has 2 N–H and O–H groups in total. The van der Waals surface area contributed by atoms with Crippen molar-refractivity contribution < 1.29 is 13.2 Å². The number of fused-ring (bicyclic) bond motifs is 2. The summed E-state index contributed by atoms with van der Waals surface area (Å²) in [6.45, 7) is 2.79. The predicted molar refractivity (Wildman–Crippen MR) is 145 cm³/mol.